The van der Waals surface area contributed by atoms with Crippen molar-refractivity contribution < 1.29 is 20.1 Å². The number of fused-ring (bicyclic) bond motifs is 1. The SMILES string of the molecule is Cc1c(-c2[c-]cccc2)ncc2ccccc12.[Ir].[c-]1ccccc1-c1ccccn1. The van der Waals surface area contributed by atoms with E-state index in [1.165, 1.54) is 16.3 Å². The molecular formula is C27H20IrN2-2. The fourth-order valence-electron chi connectivity index (χ4n) is 3.20. The molecule has 149 valence electrons. The first-order chi connectivity index (χ1) is 14.3. The Labute approximate surface area is 191 Å². The quantitative estimate of drug-likeness (QED) is 0.227. The van der Waals surface area contributed by atoms with E-state index in [1.807, 2.05) is 79.0 Å². The maximum Gasteiger partial charge on any atom is 0.0239 e. The number of hydrogen-bond donors (Lipinski definition) is 0. The summed E-state index contributed by atoms with van der Waals surface area (Å²) in [5.74, 6) is 0. The van der Waals surface area contributed by atoms with Crippen molar-refractivity contribution in [3.05, 3.63) is 121 Å². The van der Waals surface area contributed by atoms with E-state index in [1.54, 1.807) is 6.20 Å². The zero-order valence-electron chi connectivity index (χ0n) is 16.5. The summed E-state index contributed by atoms with van der Waals surface area (Å²) in [6.07, 6.45) is 3.72. The van der Waals surface area contributed by atoms with Gasteiger partial charge in [0.15, 0.2) is 0 Å². The van der Waals surface area contributed by atoms with Crippen LogP contribution in [0.5, 0.6) is 0 Å². The molecule has 0 fully saturated rings. The average Bonchev–Trinajstić information content (AvgIpc) is 2.82. The molecule has 30 heavy (non-hydrogen) atoms. The fourth-order valence-corrected chi connectivity index (χ4v) is 3.20. The van der Waals surface area contributed by atoms with Gasteiger partial charge in [-0.25, -0.2) is 0 Å². The molecule has 0 spiro atoms. The standard InChI is InChI=1S/C16H12N.C11H8N.Ir/c1-12-15-10-6-5-9-14(15)11-17-16(12)13-7-3-2-4-8-13;1-2-6-10(7-3-1)11-8-4-5-9-12-11;/h2-7,9-11H,1H3;1-6,8-9H;/q2*-1;. The van der Waals surface area contributed by atoms with Crippen LogP contribution in [0.3, 0.4) is 0 Å². The van der Waals surface area contributed by atoms with Gasteiger partial charge >= 0.3 is 0 Å². The monoisotopic (exact) mass is 565 g/mol. The van der Waals surface area contributed by atoms with Gasteiger partial charge < -0.3 is 9.97 Å². The molecule has 0 aliphatic rings. The van der Waals surface area contributed by atoms with Gasteiger partial charge in [0.2, 0.25) is 0 Å². The molecule has 3 heteroatoms. The van der Waals surface area contributed by atoms with Crippen LogP contribution in [0, 0.1) is 19.1 Å². The third-order valence-electron chi connectivity index (χ3n) is 4.67. The van der Waals surface area contributed by atoms with Gasteiger partial charge in [-0.15, -0.1) is 71.8 Å². The Balaban J connectivity index is 0.000000175. The largest absolute Gasteiger partial charge is 0.305 e. The average molecular weight is 565 g/mol. The number of rotatable bonds is 2. The second-order valence-electron chi connectivity index (χ2n) is 6.59. The van der Waals surface area contributed by atoms with Crippen LogP contribution in [-0.2, 0) is 20.1 Å². The fraction of sp³-hybridized carbons (Fsp3) is 0.0370. The Morgan fingerprint density at radius 3 is 2.00 bits per heavy atom. The predicted molar refractivity (Wildman–Crippen MR) is 119 cm³/mol. The van der Waals surface area contributed by atoms with Crippen molar-refractivity contribution in [2.75, 3.05) is 0 Å². The number of hydrogen-bond acceptors (Lipinski definition) is 2. The van der Waals surface area contributed by atoms with E-state index >= 15 is 0 Å². The van der Waals surface area contributed by atoms with Crippen LogP contribution in [0.4, 0.5) is 0 Å². The number of aromatic nitrogens is 2. The van der Waals surface area contributed by atoms with E-state index in [-0.39, 0.29) is 20.1 Å². The van der Waals surface area contributed by atoms with E-state index in [0.29, 0.717) is 0 Å². The molecule has 0 unspecified atom stereocenters. The Kier molecular flexibility index (Phi) is 7.62. The molecule has 2 nitrogen and oxygen atoms in total. The smallest absolute Gasteiger partial charge is 0.0239 e. The predicted octanol–water partition coefficient (Wildman–Crippen LogP) is 6.56. The molecule has 0 atom stereocenters. The Hall–Kier alpha value is -3.13. The molecule has 0 aliphatic carbocycles. The van der Waals surface area contributed by atoms with Gasteiger partial charge in [0.05, 0.1) is 0 Å². The van der Waals surface area contributed by atoms with Gasteiger partial charge in [-0.2, -0.15) is 0 Å². The van der Waals surface area contributed by atoms with Gasteiger partial charge in [-0.3, -0.25) is 0 Å². The van der Waals surface area contributed by atoms with Gasteiger partial charge in [-0.05, 0) is 35.2 Å². The molecular weight excluding hydrogens is 545 g/mol. The summed E-state index contributed by atoms with van der Waals surface area (Å²) in [5, 5.41) is 2.44. The molecule has 0 aliphatic heterocycles. The van der Waals surface area contributed by atoms with E-state index in [0.717, 1.165) is 22.5 Å². The number of benzene rings is 3. The summed E-state index contributed by atoms with van der Waals surface area (Å²) in [6, 6.07) is 36.3. The van der Waals surface area contributed by atoms with Crippen molar-refractivity contribution >= 4 is 10.8 Å². The zero-order chi connectivity index (χ0) is 19.9. The van der Waals surface area contributed by atoms with Crippen LogP contribution >= 0.6 is 0 Å². The van der Waals surface area contributed by atoms with Crippen molar-refractivity contribution in [3.8, 4) is 22.5 Å². The second-order valence-corrected chi connectivity index (χ2v) is 6.59. The molecule has 2 aromatic heterocycles. The third-order valence-corrected chi connectivity index (χ3v) is 4.67. The van der Waals surface area contributed by atoms with Crippen molar-refractivity contribution in [1.29, 1.82) is 0 Å². The summed E-state index contributed by atoms with van der Waals surface area (Å²) in [5.41, 5.74) is 5.29. The normalized spacial score (nSPS) is 9.90. The van der Waals surface area contributed by atoms with E-state index in [2.05, 4.69) is 47.2 Å². The molecule has 5 rings (SSSR count). The minimum Gasteiger partial charge on any atom is -0.305 e. The molecule has 2 heterocycles. The van der Waals surface area contributed by atoms with Crippen LogP contribution in [0.15, 0.2) is 103 Å². The van der Waals surface area contributed by atoms with E-state index in [4.69, 9.17) is 0 Å². The van der Waals surface area contributed by atoms with Crippen LogP contribution < -0.4 is 0 Å². The molecule has 0 N–H and O–H groups in total. The van der Waals surface area contributed by atoms with Crippen LogP contribution in [-0.4, -0.2) is 9.97 Å². The maximum absolute atomic E-state index is 4.55. The molecule has 5 aromatic rings. The van der Waals surface area contributed by atoms with Gasteiger partial charge in [0, 0.05) is 32.5 Å². The van der Waals surface area contributed by atoms with Crippen molar-refractivity contribution in [2.45, 2.75) is 6.92 Å². The number of pyridine rings is 2. The van der Waals surface area contributed by atoms with E-state index < -0.39 is 0 Å². The topological polar surface area (TPSA) is 25.8 Å². The first-order valence-electron chi connectivity index (χ1n) is 9.52. The summed E-state index contributed by atoms with van der Waals surface area (Å²) in [6.45, 7) is 2.12. The summed E-state index contributed by atoms with van der Waals surface area (Å²) < 4.78 is 0. The summed E-state index contributed by atoms with van der Waals surface area (Å²) >= 11 is 0. The van der Waals surface area contributed by atoms with Crippen molar-refractivity contribution in [2.24, 2.45) is 0 Å². The Morgan fingerprint density at radius 1 is 0.667 bits per heavy atom. The van der Waals surface area contributed by atoms with Gasteiger partial charge in [-0.1, -0.05) is 42.0 Å². The van der Waals surface area contributed by atoms with Crippen LogP contribution in [0.1, 0.15) is 5.56 Å². The minimum absolute atomic E-state index is 0. The Bertz CT molecular complexity index is 1150. The van der Waals surface area contributed by atoms with Crippen LogP contribution in [0.25, 0.3) is 33.3 Å². The first-order valence-corrected chi connectivity index (χ1v) is 9.52. The minimum atomic E-state index is 0. The summed E-state index contributed by atoms with van der Waals surface area (Å²) in [4.78, 5) is 8.76. The number of aryl methyl sites for hydroxylation is 1. The number of nitrogens with zero attached hydrogens (tertiary/aromatic N) is 2. The Morgan fingerprint density at radius 2 is 1.33 bits per heavy atom. The molecule has 0 saturated heterocycles. The molecule has 0 amide bonds. The van der Waals surface area contributed by atoms with Gasteiger partial charge in [0.1, 0.15) is 0 Å². The van der Waals surface area contributed by atoms with Crippen LogP contribution in [0.2, 0.25) is 0 Å². The van der Waals surface area contributed by atoms with E-state index in [9.17, 15) is 0 Å². The summed E-state index contributed by atoms with van der Waals surface area (Å²) in [7, 11) is 0. The van der Waals surface area contributed by atoms with Crippen molar-refractivity contribution in [1.82, 2.24) is 9.97 Å². The first kappa shape index (κ1) is 21.6. The maximum atomic E-state index is 4.55. The molecule has 1 radical (unpaired) electrons. The third kappa shape index (κ3) is 5.07. The van der Waals surface area contributed by atoms with Gasteiger partial charge in [0.25, 0.3) is 0 Å². The second kappa shape index (κ2) is 10.6. The molecule has 3 aromatic carbocycles. The van der Waals surface area contributed by atoms with Crippen molar-refractivity contribution in [3.63, 3.8) is 0 Å². The zero-order valence-corrected chi connectivity index (χ0v) is 18.9. The molecule has 0 bridgehead atoms. The molecule has 0 saturated carbocycles.